The molecule has 1 saturated heterocycles. The SMILES string of the molecule is O=C(c1ccc2ccccc2c1)N1C[C@@H]2C[C@H](C1)c1ccc(NCc3cccs3)c(=O)n1C2. The molecule has 6 rings (SSSR count). The van der Waals surface area contributed by atoms with Crippen LogP contribution in [0.15, 0.2) is 76.9 Å². The van der Waals surface area contributed by atoms with Crippen molar-refractivity contribution in [2.75, 3.05) is 18.4 Å². The molecule has 0 radical (unpaired) electrons. The fraction of sp³-hybridized carbons (Fsp3) is 0.259. The van der Waals surface area contributed by atoms with E-state index in [4.69, 9.17) is 0 Å². The van der Waals surface area contributed by atoms with Gasteiger partial charge in [0.05, 0.1) is 0 Å². The summed E-state index contributed by atoms with van der Waals surface area (Å²) in [6.45, 7) is 2.68. The Labute approximate surface area is 196 Å². The number of carbonyl (C=O) groups is 1. The molecule has 6 heteroatoms. The van der Waals surface area contributed by atoms with Gasteiger partial charge in [0.1, 0.15) is 5.69 Å². The molecular weight excluding hydrogens is 430 g/mol. The number of hydrogen-bond acceptors (Lipinski definition) is 4. The van der Waals surface area contributed by atoms with Gasteiger partial charge in [0, 0.05) is 48.2 Å². The number of nitrogens with one attached hydrogen (secondary N) is 1. The van der Waals surface area contributed by atoms with Crippen LogP contribution in [0.1, 0.15) is 33.3 Å². The third-order valence-corrected chi connectivity index (χ3v) is 7.80. The third kappa shape index (κ3) is 3.74. The number of benzene rings is 2. The van der Waals surface area contributed by atoms with Crippen molar-refractivity contribution >= 4 is 33.7 Å². The zero-order chi connectivity index (χ0) is 22.4. The van der Waals surface area contributed by atoms with Gasteiger partial charge in [-0.3, -0.25) is 9.59 Å². The quantitative estimate of drug-likeness (QED) is 0.475. The Morgan fingerprint density at radius 1 is 0.970 bits per heavy atom. The van der Waals surface area contributed by atoms with Crippen molar-refractivity contribution in [3.05, 3.63) is 98.6 Å². The number of pyridine rings is 1. The number of rotatable bonds is 4. The number of aromatic nitrogens is 1. The number of thiophene rings is 1. The van der Waals surface area contributed by atoms with E-state index in [2.05, 4.69) is 23.5 Å². The lowest BCUT2D eigenvalue weighted by molar-refractivity contribution is 0.0595. The van der Waals surface area contributed by atoms with Gasteiger partial charge in [0.2, 0.25) is 0 Å². The molecule has 0 aliphatic carbocycles. The monoisotopic (exact) mass is 455 g/mol. The summed E-state index contributed by atoms with van der Waals surface area (Å²) < 4.78 is 1.94. The molecule has 2 aromatic carbocycles. The highest BCUT2D eigenvalue weighted by molar-refractivity contribution is 7.09. The van der Waals surface area contributed by atoms with Gasteiger partial charge in [-0.05, 0) is 58.8 Å². The second-order valence-corrected chi connectivity index (χ2v) is 10.1. The van der Waals surface area contributed by atoms with E-state index in [0.717, 1.165) is 28.5 Å². The van der Waals surface area contributed by atoms with Gasteiger partial charge in [-0.25, -0.2) is 0 Å². The maximum absolute atomic E-state index is 13.4. The van der Waals surface area contributed by atoms with Crippen LogP contribution >= 0.6 is 11.3 Å². The van der Waals surface area contributed by atoms with E-state index in [1.807, 2.05) is 63.4 Å². The fourth-order valence-corrected chi connectivity index (χ4v) is 5.99. The summed E-state index contributed by atoms with van der Waals surface area (Å²) in [5.41, 5.74) is 2.48. The predicted molar refractivity (Wildman–Crippen MR) is 133 cm³/mol. The standard InChI is InChI=1S/C27H25N3O2S/c31-26(21-8-7-19-4-1-2-5-20(19)13-21)29-15-18-12-22(17-29)25-10-9-24(27(32)30(25)16-18)28-14-23-6-3-11-33-23/h1-11,13,18,22,28H,12,14-17H2/t18-,22+/m0/s1. The van der Waals surface area contributed by atoms with Crippen molar-refractivity contribution in [2.24, 2.45) is 5.92 Å². The van der Waals surface area contributed by atoms with E-state index in [1.54, 1.807) is 11.3 Å². The summed E-state index contributed by atoms with van der Waals surface area (Å²) >= 11 is 1.68. The molecule has 0 saturated carbocycles. The number of anilines is 1. The Kier molecular flexibility index (Phi) is 5.03. The highest BCUT2D eigenvalue weighted by Crippen LogP contribution is 2.36. The molecule has 1 N–H and O–H groups in total. The summed E-state index contributed by atoms with van der Waals surface area (Å²) in [5, 5.41) is 7.57. The second-order valence-electron chi connectivity index (χ2n) is 9.09. The minimum Gasteiger partial charge on any atom is -0.376 e. The van der Waals surface area contributed by atoms with Crippen molar-refractivity contribution in [1.29, 1.82) is 0 Å². The third-order valence-electron chi connectivity index (χ3n) is 6.92. The van der Waals surface area contributed by atoms with Crippen LogP contribution in [0.3, 0.4) is 0 Å². The Morgan fingerprint density at radius 3 is 2.70 bits per heavy atom. The largest absolute Gasteiger partial charge is 0.376 e. The van der Waals surface area contributed by atoms with Gasteiger partial charge >= 0.3 is 0 Å². The summed E-state index contributed by atoms with van der Waals surface area (Å²) in [6, 6.07) is 22.1. The Morgan fingerprint density at radius 2 is 1.85 bits per heavy atom. The first-order valence-corrected chi connectivity index (χ1v) is 12.3. The van der Waals surface area contributed by atoms with E-state index >= 15 is 0 Å². The van der Waals surface area contributed by atoms with E-state index in [1.165, 1.54) is 4.88 Å². The number of hydrogen-bond donors (Lipinski definition) is 1. The predicted octanol–water partition coefficient (Wildman–Crippen LogP) is 4.93. The first kappa shape index (κ1) is 20.2. The number of carbonyl (C=O) groups excluding carboxylic acids is 1. The van der Waals surface area contributed by atoms with Gasteiger partial charge in [0.25, 0.3) is 11.5 Å². The van der Waals surface area contributed by atoms with E-state index in [9.17, 15) is 9.59 Å². The van der Waals surface area contributed by atoms with Crippen LogP contribution in [0.2, 0.25) is 0 Å². The van der Waals surface area contributed by atoms with Crippen LogP contribution in [0.25, 0.3) is 10.8 Å². The first-order chi connectivity index (χ1) is 16.2. The molecule has 2 bridgehead atoms. The Balaban J connectivity index is 1.23. The lowest BCUT2D eigenvalue weighted by Gasteiger charge is -2.43. The highest BCUT2D eigenvalue weighted by Gasteiger charge is 2.37. The molecule has 4 heterocycles. The lowest BCUT2D eigenvalue weighted by Crippen LogP contribution is -2.49. The molecule has 0 spiro atoms. The van der Waals surface area contributed by atoms with E-state index in [-0.39, 0.29) is 17.4 Å². The molecule has 2 atom stereocenters. The Bertz CT molecular complexity index is 1390. The second kappa shape index (κ2) is 8.19. The normalized spacial score (nSPS) is 19.3. The zero-order valence-corrected chi connectivity index (χ0v) is 19.1. The van der Waals surface area contributed by atoms with Gasteiger partial charge < -0.3 is 14.8 Å². The van der Waals surface area contributed by atoms with Crippen molar-refractivity contribution in [1.82, 2.24) is 9.47 Å². The summed E-state index contributed by atoms with van der Waals surface area (Å²) in [7, 11) is 0. The maximum atomic E-state index is 13.4. The molecular formula is C27H25N3O2S. The van der Waals surface area contributed by atoms with Crippen molar-refractivity contribution in [2.45, 2.75) is 25.4 Å². The average Bonchev–Trinajstić information content (AvgIpc) is 3.37. The smallest absolute Gasteiger partial charge is 0.274 e. The van der Waals surface area contributed by atoms with Crippen LogP contribution in [-0.4, -0.2) is 28.5 Å². The number of amides is 1. The van der Waals surface area contributed by atoms with Crippen LogP contribution in [-0.2, 0) is 13.1 Å². The Hall–Kier alpha value is -3.38. The molecule has 5 nitrogen and oxygen atoms in total. The van der Waals surface area contributed by atoms with Gasteiger partial charge in [0.15, 0.2) is 0 Å². The van der Waals surface area contributed by atoms with Crippen molar-refractivity contribution in [3.63, 3.8) is 0 Å². The lowest BCUT2D eigenvalue weighted by atomic mass is 9.83. The molecule has 166 valence electrons. The molecule has 0 unspecified atom stereocenters. The topological polar surface area (TPSA) is 54.3 Å². The number of fused-ring (bicyclic) bond motifs is 5. The summed E-state index contributed by atoms with van der Waals surface area (Å²) in [6.07, 6.45) is 1.03. The molecule has 1 amide bonds. The summed E-state index contributed by atoms with van der Waals surface area (Å²) in [4.78, 5) is 29.7. The first-order valence-electron chi connectivity index (χ1n) is 11.4. The van der Waals surface area contributed by atoms with E-state index in [0.29, 0.717) is 37.8 Å². The summed E-state index contributed by atoms with van der Waals surface area (Å²) in [5.74, 6) is 0.576. The van der Waals surface area contributed by atoms with E-state index < -0.39 is 0 Å². The molecule has 1 fully saturated rings. The molecule has 2 aliphatic rings. The average molecular weight is 456 g/mol. The molecule has 2 aliphatic heterocycles. The molecule has 33 heavy (non-hydrogen) atoms. The highest BCUT2D eigenvalue weighted by atomic mass is 32.1. The van der Waals surface area contributed by atoms with Gasteiger partial charge in [-0.15, -0.1) is 11.3 Å². The van der Waals surface area contributed by atoms with Gasteiger partial charge in [-0.2, -0.15) is 0 Å². The number of piperidine rings is 1. The molecule has 4 aromatic rings. The van der Waals surface area contributed by atoms with Crippen molar-refractivity contribution in [3.8, 4) is 0 Å². The van der Waals surface area contributed by atoms with Crippen LogP contribution in [0, 0.1) is 5.92 Å². The van der Waals surface area contributed by atoms with Crippen LogP contribution < -0.4 is 10.9 Å². The van der Waals surface area contributed by atoms with Gasteiger partial charge in [-0.1, -0.05) is 36.4 Å². The minimum atomic E-state index is 0.0491. The zero-order valence-electron chi connectivity index (χ0n) is 18.2. The van der Waals surface area contributed by atoms with Crippen LogP contribution in [0.4, 0.5) is 5.69 Å². The molecule has 2 aromatic heterocycles. The maximum Gasteiger partial charge on any atom is 0.274 e. The fourth-order valence-electron chi connectivity index (χ4n) is 5.35. The number of nitrogens with zero attached hydrogens (tertiary/aromatic N) is 2. The van der Waals surface area contributed by atoms with Crippen molar-refractivity contribution < 1.29 is 4.79 Å². The minimum absolute atomic E-state index is 0.0491. The number of likely N-dealkylation sites (tertiary alicyclic amines) is 1. The van der Waals surface area contributed by atoms with Crippen LogP contribution in [0.5, 0.6) is 0 Å².